The predicted octanol–water partition coefficient (Wildman–Crippen LogP) is 7.13. The first kappa shape index (κ1) is 38.8. The summed E-state index contributed by atoms with van der Waals surface area (Å²) in [5.41, 5.74) is 6.21. The Bertz CT molecular complexity index is 1980. The Morgan fingerprint density at radius 1 is 0.632 bits per heavy atom. The number of aromatic nitrogens is 4. The summed E-state index contributed by atoms with van der Waals surface area (Å²) in [6.45, 7) is 2.09. The Morgan fingerprint density at radius 3 is 1.51 bits per heavy atom. The number of nitrogens with one attached hydrogen (secondary N) is 4. The lowest BCUT2D eigenvalue weighted by Crippen LogP contribution is -2.42. The molecule has 0 radical (unpaired) electrons. The predicted molar refractivity (Wildman–Crippen MR) is 216 cm³/mol. The highest BCUT2D eigenvalue weighted by atomic mass is 16.5. The zero-order valence-electron chi connectivity index (χ0n) is 33.2. The first-order chi connectivity index (χ1) is 27.9. The van der Waals surface area contributed by atoms with Crippen molar-refractivity contribution in [2.45, 2.75) is 101 Å². The van der Waals surface area contributed by atoms with E-state index in [-0.39, 0.29) is 41.8 Å². The summed E-state index contributed by atoms with van der Waals surface area (Å²) < 4.78 is 9.91. The van der Waals surface area contributed by atoms with Gasteiger partial charge in [-0.2, -0.15) is 0 Å². The van der Waals surface area contributed by atoms with Crippen LogP contribution in [-0.2, 0) is 19.1 Å². The van der Waals surface area contributed by atoms with Crippen LogP contribution in [0.5, 0.6) is 0 Å². The number of rotatable bonds is 11. The molecule has 57 heavy (non-hydrogen) atoms. The summed E-state index contributed by atoms with van der Waals surface area (Å²) in [5.74, 6) is 2.23. The van der Waals surface area contributed by atoms with Gasteiger partial charge in [-0.15, -0.1) is 0 Å². The highest BCUT2D eigenvalue weighted by Crippen LogP contribution is 2.38. The van der Waals surface area contributed by atoms with Gasteiger partial charge in [0.2, 0.25) is 11.8 Å². The number of ether oxygens (including phenoxy) is 2. The van der Waals surface area contributed by atoms with Crippen molar-refractivity contribution in [2.24, 2.45) is 11.8 Å². The van der Waals surface area contributed by atoms with Crippen molar-refractivity contribution in [2.75, 3.05) is 34.0 Å². The van der Waals surface area contributed by atoms with Gasteiger partial charge in [-0.3, -0.25) is 14.9 Å². The molecule has 2 aromatic heterocycles. The van der Waals surface area contributed by atoms with Crippen LogP contribution >= 0.6 is 0 Å². The van der Waals surface area contributed by atoms with E-state index >= 15 is 0 Å². The minimum Gasteiger partial charge on any atom is -0.453 e. The minimum atomic E-state index is -0.412. The van der Waals surface area contributed by atoms with E-state index < -0.39 is 6.09 Å². The summed E-state index contributed by atoms with van der Waals surface area (Å²) in [7, 11) is 3.07. The van der Waals surface area contributed by atoms with E-state index in [1.54, 1.807) is 7.11 Å². The fourth-order valence-corrected chi connectivity index (χ4v) is 9.54. The third-order valence-corrected chi connectivity index (χ3v) is 12.8. The number of alkyl carbamates (subject to hydrolysis) is 1. The smallest absolute Gasteiger partial charge is 0.407 e. The van der Waals surface area contributed by atoms with Gasteiger partial charge in [-0.25, -0.2) is 14.8 Å². The van der Waals surface area contributed by atoms with E-state index in [2.05, 4.69) is 74.0 Å². The molecule has 2 aromatic carbocycles. The molecule has 4 heterocycles. The molecule has 4 aliphatic rings. The maximum Gasteiger partial charge on any atom is 0.407 e. The van der Waals surface area contributed by atoms with Gasteiger partial charge in [0.25, 0.3) is 0 Å². The van der Waals surface area contributed by atoms with Crippen LogP contribution in [0.4, 0.5) is 4.79 Å². The number of hydrogen-bond donors (Lipinski definition) is 4. The van der Waals surface area contributed by atoms with Gasteiger partial charge >= 0.3 is 6.09 Å². The number of hydrogen-bond acceptors (Lipinski definition) is 8. The van der Waals surface area contributed by atoms with Gasteiger partial charge in [-0.1, -0.05) is 48.5 Å². The number of methoxy groups -OCH3 is 2. The monoisotopic (exact) mass is 776 g/mol. The summed E-state index contributed by atoms with van der Waals surface area (Å²) >= 11 is 0. The molecule has 2 atom stereocenters. The van der Waals surface area contributed by atoms with E-state index in [4.69, 9.17) is 19.4 Å². The fourth-order valence-electron chi connectivity index (χ4n) is 9.54. The highest BCUT2D eigenvalue weighted by Gasteiger charge is 2.38. The van der Waals surface area contributed by atoms with Gasteiger partial charge in [0, 0.05) is 44.1 Å². The number of likely N-dealkylation sites (tertiary alicyclic amines) is 2. The van der Waals surface area contributed by atoms with Crippen molar-refractivity contribution < 1.29 is 23.9 Å². The van der Waals surface area contributed by atoms with Gasteiger partial charge in [0.15, 0.2) is 0 Å². The SMILES string of the molecule is COCNC1CCC(C(=O)N2CCC[C@H]2c2ncc(-c3ccc(-c4ccc(-c5cnc([C@@H]6CCCN6C(=O)C6CCC(NC(=O)OC)CC6)[nH]5)cc4)cc3)[nH]2)CC1. The molecule has 0 unspecified atom stereocenters. The second kappa shape index (κ2) is 17.6. The molecule has 2 aliphatic heterocycles. The van der Waals surface area contributed by atoms with E-state index in [9.17, 15) is 14.4 Å². The lowest BCUT2D eigenvalue weighted by Gasteiger charge is -2.32. The number of aromatic amines is 2. The topological polar surface area (TPSA) is 158 Å². The van der Waals surface area contributed by atoms with Crippen molar-refractivity contribution >= 4 is 17.9 Å². The van der Waals surface area contributed by atoms with E-state index in [1.807, 2.05) is 17.3 Å². The fraction of sp³-hybridized carbons (Fsp3) is 0.523. The van der Waals surface area contributed by atoms with Crippen LogP contribution in [0.2, 0.25) is 0 Å². The summed E-state index contributed by atoms with van der Waals surface area (Å²) in [6, 6.07) is 17.4. The van der Waals surface area contributed by atoms with Crippen molar-refractivity contribution in [3.8, 4) is 33.6 Å². The quantitative estimate of drug-likeness (QED) is 0.117. The van der Waals surface area contributed by atoms with Crippen LogP contribution in [0.25, 0.3) is 33.6 Å². The summed E-state index contributed by atoms with van der Waals surface area (Å²) in [5, 5.41) is 6.29. The molecule has 8 rings (SSSR count). The van der Waals surface area contributed by atoms with Gasteiger partial charge in [0.05, 0.1) is 49.7 Å². The molecular formula is C44H56N8O5. The number of H-pyrrole nitrogens is 2. The molecule has 0 bridgehead atoms. The second-order valence-corrected chi connectivity index (χ2v) is 16.3. The third-order valence-electron chi connectivity index (χ3n) is 12.8. The van der Waals surface area contributed by atoms with Crippen molar-refractivity contribution in [3.63, 3.8) is 0 Å². The molecule has 4 aromatic rings. The van der Waals surface area contributed by atoms with Crippen LogP contribution in [0, 0.1) is 11.8 Å². The molecule has 13 nitrogen and oxygen atoms in total. The molecule has 2 saturated heterocycles. The Balaban J connectivity index is 0.861. The van der Waals surface area contributed by atoms with Gasteiger partial charge in [-0.05, 0) is 99.3 Å². The Hall–Kier alpha value is -5.01. The second-order valence-electron chi connectivity index (χ2n) is 16.3. The number of benzene rings is 2. The largest absolute Gasteiger partial charge is 0.453 e. The normalized spacial score (nSPS) is 25.1. The molecule has 302 valence electrons. The first-order valence-electron chi connectivity index (χ1n) is 20.9. The Kier molecular flexibility index (Phi) is 12.0. The average molecular weight is 777 g/mol. The van der Waals surface area contributed by atoms with Crippen molar-refractivity contribution in [1.82, 2.24) is 40.4 Å². The zero-order chi connectivity index (χ0) is 39.3. The molecule has 4 fully saturated rings. The summed E-state index contributed by atoms with van der Waals surface area (Å²) in [4.78, 5) is 59.6. The van der Waals surface area contributed by atoms with Gasteiger partial charge in [0.1, 0.15) is 11.6 Å². The van der Waals surface area contributed by atoms with Crippen LogP contribution in [0.15, 0.2) is 60.9 Å². The van der Waals surface area contributed by atoms with E-state index in [0.717, 1.165) is 135 Å². The molecule has 13 heteroatoms. The highest BCUT2D eigenvalue weighted by molar-refractivity contribution is 5.80. The molecule has 3 amide bonds. The van der Waals surface area contributed by atoms with Crippen LogP contribution < -0.4 is 10.6 Å². The molecular weight excluding hydrogens is 721 g/mol. The minimum absolute atomic E-state index is 0.00626. The van der Waals surface area contributed by atoms with Gasteiger partial charge < -0.3 is 34.6 Å². The van der Waals surface area contributed by atoms with E-state index in [1.165, 1.54) is 7.11 Å². The zero-order valence-corrected chi connectivity index (χ0v) is 33.2. The van der Waals surface area contributed by atoms with Crippen molar-refractivity contribution in [1.29, 1.82) is 0 Å². The third kappa shape index (κ3) is 8.64. The first-order valence-corrected chi connectivity index (χ1v) is 20.9. The van der Waals surface area contributed by atoms with E-state index in [0.29, 0.717) is 12.8 Å². The van der Waals surface area contributed by atoms with Crippen LogP contribution in [0.1, 0.15) is 101 Å². The maximum absolute atomic E-state index is 13.6. The maximum atomic E-state index is 13.6. The van der Waals surface area contributed by atoms with Crippen LogP contribution in [-0.4, -0.2) is 93.8 Å². The summed E-state index contributed by atoms with van der Waals surface area (Å²) in [6.07, 6.45) is 14.0. The number of amides is 3. The lowest BCUT2D eigenvalue weighted by molar-refractivity contribution is -0.138. The number of carbonyl (C=O) groups excluding carboxylic acids is 3. The average Bonchev–Trinajstić information content (AvgIpc) is 4.10. The Labute approximate surface area is 334 Å². The molecule has 0 spiro atoms. The number of imidazole rings is 2. The molecule has 2 aliphatic carbocycles. The number of carbonyl (C=O) groups is 3. The lowest BCUT2D eigenvalue weighted by atomic mass is 9.85. The molecule has 2 saturated carbocycles. The van der Waals surface area contributed by atoms with Crippen molar-refractivity contribution in [3.05, 3.63) is 72.6 Å². The van der Waals surface area contributed by atoms with Crippen LogP contribution in [0.3, 0.4) is 0 Å². The Morgan fingerprint density at radius 2 is 1.07 bits per heavy atom. The number of nitrogens with zero attached hydrogens (tertiary/aromatic N) is 4. The standard InChI is InChI=1S/C44H56N8O5/c1-56-27-47-34-19-15-32(16-20-34)42(53)51-23-3-5-38(51)40-45-25-36(49-40)30-11-7-28(8-12-30)29-9-13-31(14-10-29)37-26-46-41(50-37)39-6-4-24-52(39)43(54)33-17-21-35(22-18-33)48-44(55)57-2/h7-14,25-26,32-35,38-39,47H,3-6,15-24,27H2,1-2H3,(H,45,49)(H,46,50)(H,48,55)/t32?,33?,34?,35?,38-,39-/m0/s1. The molecule has 4 N–H and O–H groups in total.